The summed E-state index contributed by atoms with van der Waals surface area (Å²) in [5.41, 5.74) is 1.23. The van der Waals surface area contributed by atoms with E-state index >= 15 is 0 Å². The zero-order valence-corrected chi connectivity index (χ0v) is 11.7. The first-order chi connectivity index (χ1) is 9.22. The molecule has 0 N–H and O–H groups in total. The van der Waals surface area contributed by atoms with Crippen LogP contribution in [0.2, 0.25) is 0 Å². The molecule has 1 saturated heterocycles. The van der Waals surface area contributed by atoms with Crippen LogP contribution in [0.25, 0.3) is 0 Å². The second-order valence-corrected chi connectivity index (χ2v) is 5.46. The van der Waals surface area contributed by atoms with Gasteiger partial charge < -0.3 is 4.57 Å². The number of aryl methyl sites for hydroxylation is 2. The van der Waals surface area contributed by atoms with E-state index in [-0.39, 0.29) is 0 Å². The van der Waals surface area contributed by atoms with E-state index in [4.69, 9.17) is 0 Å². The second-order valence-electron chi connectivity index (χ2n) is 5.46. The number of nitrogens with zero attached hydrogens (tertiary/aromatic N) is 5. The van der Waals surface area contributed by atoms with Gasteiger partial charge in [0.05, 0.1) is 19.3 Å². The van der Waals surface area contributed by atoms with Gasteiger partial charge in [0.2, 0.25) is 0 Å². The molecule has 0 bridgehead atoms. The van der Waals surface area contributed by atoms with Crippen LogP contribution in [0.3, 0.4) is 0 Å². The lowest BCUT2D eigenvalue weighted by atomic mass is 10.2. The predicted molar refractivity (Wildman–Crippen MR) is 73.6 cm³/mol. The van der Waals surface area contributed by atoms with Gasteiger partial charge in [0.25, 0.3) is 0 Å². The highest BCUT2D eigenvalue weighted by Crippen LogP contribution is 2.20. The minimum atomic E-state index is 0.580. The lowest BCUT2D eigenvalue weighted by Crippen LogP contribution is -2.33. The maximum Gasteiger partial charge on any atom is 0.122 e. The Morgan fingerprint density at radius 1 is 1.42 bits per heavy atom. The van der Waals surface area contributed by atoms with Crippen molar-refractivity contribution in [2.24, 2.45) is 7.05 Å². The first-order valence-electron chi connectivity index (χ1n) is 6.91. The molecule has 3 rings (SSSR count). The molecule has 2 aromatic heterocycles. The first-order valence-corrected chi connectivity index (χ1v) is 6.91. The molecule has 0 amide bonds. The molecule has 1 aliphatic rings. The molecule has 5 nitrogen and oxygen atoms in total. The van der Waals surface area contributed by atoms with Gasteiger partial charge in [0.1, 0.15) is 5.82 Å². The number of likely N-dealkylation sites (tertiary alicyclic amines) is 1. The molecule has 1 atom stereocenters. The van der Waals surface area contributed by atoms with Crippen LogP contribution in [0.15, 0.2) is 24.8 Å². The molecule has 0 unspecified atom stereocenters. The first kappa shape index (κ1) is 12.4. The standard InChI is InChI=1S/C14H21N5/c1-12-8-16-19(9-12)10-13-4-3-6-18(13)11-14-15-5-7-17(14)2/h5,7-9,13H,3-4,6,10-11H2,1-2H3/t13-/m0/s1. The number of rotatable bonds is 4. The third kappa shape index (κ3) is 2.71. The molecule has 2 aromatic rings. The van der Waals surface area contributed by atoms with Gasteiger partial charge >= 0.3 is 0 Å². The number of imidazole rings is 1. The van der Waals surface area contributed by atoms with Gasteiger partial charge in [-0.15, -0.1) is 0 Å². The van der Waals surface area contributed by atoms with Crippen molar-refractivity contribution >= 4 is 0 Å². The summed E-state index contributed by atoms with van der Waals surface area (Å²) in [6, 6.07) is 0.580. The van der Waals surface area contributed by atoms with Gasteiger partial charge in [0, 0.05) is 31.7 Å². The predicted octanol–water partition coefficient (Wildman–Crippen LogP) is 1.59. The summed E-state index contributed by atoms with van der Waals surface area (Å²) < 4.78 is 4.17. The van der Waals surface area contributed by atoms with Gasteiger partial charge in [-0.05, 0) is 31.9 Å². The normalized spacial score (nSPS) is 20.2. The maximum atomic E-state index is 4.42. The Morgan fingerprint density at radius 2 is 2.32 bits per heavy atom. The summed E-state index contributed by atoms with van der Waals surface area (Å²) >= 11 is 0. The van der Waals surface area contributed by atoms with E-state index in [0.717, 1.165) is 25.5 Å². The van der Waals surface area contributed by atoms with Crippen molar-refractivity contribution < 1.29 is 0 Å². The van der Waals surface area contributed by atoms with Gasteiger partial charge in [0.15, 0.2) is 0 Å². The lowest BCUT2D eigenvalue weighted by molar-refractivity contribution is 0.212. The largest absolute Gasteiger partial charge is 0.337 e. The van der Waals surface area contributed by atoms with Crippen LogP contribution >= 0.6 is 0 Å². The van der Waals surface area contributed by atoms with E-state index in [1.165, 1.54) is 18.4 Å². The average molecular weight is 259 g/mol. The van der Waals surface area contributed by atoms with Crippen molar-refractivity contribution in [3.8, 4) is 0 Å². The van der Waals surface area contributed by atoms with Gasteiger partial charge in [-0.1, -0.05) is 0 Å². The quantitative estimate of drug-likeness (QED) is 0.837. The SMILES string of the molecule is Cc1cnn(C[C@@H]2CCCN2Cc2nccn2C)c1. The molecule has 0 aliphatic carbocycles. The molecular formula is C14H21N5. The molecule has 102 valence electrons. The topological polar surface area (TPSA) is 38.9 Å². The fourth-order valence-electron chi connectivity index (χ4n) is 2.82. The molecule has 0 aromatic carbocycles. The molecule has 1 fully saturated rings. The maximum absolute atomic E-state index is 4.42. The molecule has 19 heavy (non-hydrogen) atoms. The molecule has 3 heterocycles. The molecule has 0 radical (unpaired) electrons. The average Bonchev–Trinajstić information content (AvgIpc) is 3.07. The van der Waals surface area contributed by atoms with Crippen molar-refractivity contribution in [1.82, 2.24) is 24.2 Å². The zero-order valence-electron chi connectivity index (χ0n) is 11.7. The second kappa shape index (κ2) is 5.17. The molecule has 1 aliphatic heterocycles. The van der Waals surface area contributed by atoms with Crippen molar-refractivity contribution in [3.63, 3.8) is 0 Å². The molecule has 0 saturated carbocycles. The highest BCUT2D eigenvalue weighted by molar-refractivity contribution is 5.00. The van der Waals surface area contributed by atoms with Gasteiger partial charge in [-0.25, -0.2) is 4.98 Å². The smallest absolute Gasteiger partial charge is 0.122 e. The van der Waals surface area contributed by atoms with Crippen LogP contribution in [0, 0.1) is 6.92 Å². The fourth-order valence-corrected chi connectivity index (χ4v) is 2.82. The van der Waals surface area contributed by atoms with E-state index in [1.54, 1.807) is 0 Å². The fraction of sp³-hybridized carbons (Fsp3) is 0.571. The highest BCUT2D eigenvalue weighted by Gasteiger charge is 2.25. The molecule has 5 heteroatoms. The monoisotopic (exact) mass is 259 g/mol. The van der Waals surface area contributed by atoms with Crippen LogP contribution < -0.4 is 0 Å². The molecule has 0 spiro atoms. The summed E-state index contributed by atoms with van der Waals surface area (Å²) in [7, 11) is 2.06. The minimum absolute atomic E-state index is 0.580. The van der Waals surface area contributed by atoms with Crippen LogP contribution in [0.1, 0.15) is 24.2 Å². The Labute approximate surface area is 113 Å². The van der Waals surface area contributed by atoms with E-state index in [1.807, 2.05) is 18.6 Å². The van der Waals surface area contributed by atoms with E-state index in [9.17, 15) is 0 Å². The summed E-state index contributed by atoms with van der Waals surface area (Å²) in [4.78, 5) is 6.95. The number of aromatic nitrogens is 4. The summed E-state index contributed by atoms with van der Waals surface area (Å²) in [6.45, 7) is 5.17. The third-order valence-corrected chi connectivity index (χ3v) is 3.92. The summed E-state index contributed by atoms with van der Waals surface area (Å²) in [5, 5.41) is 4.40. The van der Waals surface area contributed by atoms with Crippen molar-refractivity contribution in [1.29, 1.82) is 0 Å². The Morgan fingerprint density at radius 3 is 3.00 bits per heavy atom. The van der Waals surface area contributed by atoms with Crippen LogP contribution in [0.5, 0.6) is 0 Å². The number of hydrogen-bond donors (Lipinski definition) is 0. The molecular weight excluding hydrogens is 238 g/mol. The Kier molecular flexibility index (Phi) is 3.38. The highest BCUT2D eigenvalue weighted by atomic mass is 15.3. The Balaban J connectivity index is 1.66. The zero-order chi connectivity index (χ0) is 13.2. The minimum Gasteiger partial charge on any atom is -0.337 e. The Bertz CT molecular complexity index is 542. The Hall–Kier alpha value is -1.62. The van der Waals surface area contributed by atoms with E-state index in [2.05, 4.69) is 44.4 Å². The van der Waals surface area contributed by atoms with Gasteiger partial charge in [-0.2, -0.15) is 5.10 Å². The van der Waals surface area contributed by atoms with Gasteiger partial charge in [-0.3, -0.25) is 9.58 Å². The summed E-state index contributed by atoms with van der Waals surface area (Å²) in [5.74, 6) is 1.14. The van der Waals surface area contributed by atoms with Crippen LogP contribution in [0.4, 0.5) is 0 Å². The van der Waals surface area contributed by atoms with Crippen molar-refractivity contribution in [3.05, 3.63) is 36.2 Å². The van der Waals surface area contributed by atoms with E-state index in [0.29, 0.717) is 6.04 Å². The number of hydrogen-bond acceptors (Lipinski definition) is 3. The van der Waals surface area contributed by atoms with E-state index < -0.39 is 0 Å². The third-order valence-electron chi connectivity index (χ3n) is 3.92. The van der Waals surface area contributed by atoms with Crippen molar-refractivity contribution in [2.45, 2.75) is 38.9 Å². The lowest BCUT2D eigenvalue weighted by Gasteiger charge is -2.24. The van der Waals surface area contributed by atoms with Crippen molar-refractivity contribution in [2.75, 3.05) is 6.54 Å². The van der Waals surface area contributed by atoms with Crippen LogP contribution in [-0.2, 0) is 20.1 Å². The summed E-state index contributed by atoms with van der Waals surface area (Å²) in [6.07, 6.45) is 10.5. The van der Waals surface area contributed by atoms with Crippen LogP contribution in [-0.4, -0.2) is 36.8 Å².